The molecule has 0 aliphatic carbocycles. The molecule has 0 unspecified atom stereocenters. The van der Waals surface area contributed by atoms with Crippen LogP contribution in [0.4, 0.5) is 0 Å². The molecular formula is C88H98Cl2N10O28. The van der Waals surface area contributed by atoms with Gasteiger partial charge in [-0.1, -0.05) is 99.5 Å². The molecule has 0 aromatic heterocycles. The first kappa shape index (κ1) is 92.3. The number of benzene rings is 7. The largest absolute Gasteiger partial charge is 0.508 e. The number of hydrogen-bond donors (Lipinski definition) is 19. The average molecular weight is 1810 g/mol. The number of rotatable bonds is 17. The van der Waals surface area contributed by atoms with Crippen molar-refractivity contribution in [3.63, 3.8) is 0 Å². The summed E-state index contributed by atoms with van der Waals surface area (Å²) in [5.41, 5.74) is -2.46. The molecule has 16 rings (SSSR count). The molecule has 0 spiro atoms. The minimum Gasteiger partial charge on any atom is -0.508 e. The molecule has 9 aliphatic heterocycles. The van der Waals surface area contributed by atoms with E-state index in [9.17, 15) is 70.6 Å². The summed E-state index contributed by atoms with van der Waals surface area (Å²) in [6.45, 7) is 3.88. The highest BCUT2D eigenvalue weighted by Gasteiger charge is 2.52. The number of ether oxygens (including phenoxy) is 8. The van der Waals surface area contributed by atoms with Crippen molar-refractivity contribution < 1.29 is 137 Å². The number of fused-ring (bicyclic) bond motifs is 14. The third kappa shape index (κ3) is 19.9. The first-order chi connectivity index (χ1) is 61.2. The molecule has 40 heteroatoms. The smallest absolute Gasteiger partial charge is 0.337 e. The lowest BCUT2D eigenvalue weighted by Crippen LogP contribution is -2.66. The number of hydrogen-bond acceptors (Lipinski definition) is 30. The molecule has 3 fully saturated rings. The molecule has 682 valence electrons. The number of nitrogens with zero attached hydrogens (tertiary/aromatic N) is 2. The number of aliphatic hydroxyl groups excluding tert-OH is 7. The van der Waals surface area contributed by atoms with Gasteiger partial charge in [0, 0.05) is 67.8 Å². The van der Waals surface area contributed by atoms with E-state index < -0.39 is 271 Å². The van der Waals surface area contributed by atoms with Crippen LogP contribution >= 0.6 is 23.2 Å². The van der Waals surface area contributed by atoms with Crippen LogP contribution in [0.1, 0.15) is 134 Å². The van der Waals surface area contributed by atoms with Crippen LogP contribution in [0.25, 0.3) is 11.1 Å². The topological polar surface area (TPSA) is 553 Å². The summed E-state index contributed by atoms with van der Waals surface area (Å²) >= 11 is 14.4. The van der Waals surface area contributed by atoms with Gasteiger partial charge in [-0.15, -0.1) is 0 Å². The molecule has 8 amide bonds. The van der Waals surface area contributed by atoms with Crippen molar-refractivity contribution in [1.29, 1.82) is 0 Å². The summed E-state index contributed by atoms with van der Waals surface area (Å²) in [5, 5.41) is 149. The Bertz CT molecular complexity index is 5390. The number of carbonyl (C=O) groups excluding carboxylic acids is 9. The third-order valence-electron chi connectivity index (χ3n) is 23.4. The number of methoxy groups -OCH3 is 1. The van der Waals surface area contributed by atoms with Gasteiger partial charge in [0.1, 0.15) is 131 Å². The van der Waals surface area contributed by atoms with Gasteiger partial charge in [-0.2, -0.15) is 0 Å². The second-order valence-electron chi connectivity index (χ2n) is 32.7. The fourth-order valence-electron chi connectivity index (χ4n) is 16.3. The molecule has 18 atom stereocenters. The van der Waals surface area contributed by atoms with Gasteiger partial charge in [-0.3, -0.25) is 38.4 Å². The summed E-state index contributed by atoms with van der Waals surface area (Å²) in [5.74, 6) is -16.3. The van der Waals surface area contributed by atoms with Crippen LogP contribution in [0.5, 0.6) is 69.0 Å². The Kier molecular flexibility index (Phi) is 28.4. The molecule has 9 aliphatic rings. The number of amides is 8. The van der Waals surface area contributed by atoms with Crippen LogP contribution in [0.15, 0.2) is 115 Å². The highest BCUT2D eigenvalue weighted by Crippen LogP contribution is 2.51. The van der Waals surface area contributed by atoms with Crippen molar-refractivity contribution in [2.45, 2.75) is 175 Å². The van der Waals surface area contributed by atoms with Crippen molar-refractivity contribution in [2.24, 2.45) is 5.92 Å². The summed E-state index contributed by atoms with van der Waals surface area (Å²) < 4.78 is 50.0. The number of aromatic hydroxyl groups is 4. The SMILES string of the molecule is CN[C@@H]1C(=O)N[C@@H]2Cc3ccc(cc3)Oc3cc4cc(c3O[C@@H]3O[C@H](C(=O)OC)[C@@H](O)[C@H](O)[C@H]3NC(=O)CCCCCCCC(C)C)Oc3ccc(cc3Cl)[C@@H](O)[C@@H]3NC(=O)[C@H](NC(=O)[C@@H]4NC(=O)[C@@H](NC2=O)c2cc(cc(O)c2Cl)Oc2cc1ccc2O)c1ccc(O)c(c1)-c1c(O[C@H]2O[C@H](CO)[C@@H](O)[C@H](O)[C@@H]2O)cc(O)cc1[C@@H](C(=O)N1CCN(C)CC1)NC3=O. The normalized spacial score (nSPS) is 26.7. The second kappa shape index (κ2) is 39.4. The lowest BCUT2D eigenvalue weighted by atomic mass is 9.89. The number of likely N-dealkylation sites (N-methyl/N-ethyl adjacent to an activating group) is 2. The molecule has 3 saturated heterocycles. The Morgan fingerprint density at radius 1 is 0.562 bits per heavy atom. The number of carbonyl (C=O) groups is 9. The highest BCUT2D eigenvalue weighted by atomic mass is 35.5. The standard InChI is InChI=1S/C88H98Cl2N10O28/c1-38(2)11-9-7-6-8-10-12-61(106)93-70-73(109)75(111)78(86(120)121-5)128-87(70)127-77-58-31-43-32-59(77)124-55-22-17-42(29-50(55)89)71(107)69-84(118)97-68(85(119)100-25-23-99(4)24-26-100)48-33-44(102)34-57(125-88-76(112)74(110)72(108)60(37-101)126-88)62(48)47-28-40(15-20-52(47)103)65(81(115)98-69)94-82(116)66(43)95-83(117)67-49-35-46(36-54(105)63(49)90)123-56-30-41(16-21-53(56)104)64(91-3)80(114)92-51(79(113)96-67)27-39-13-18-45(122-58)19-14-39/h13-22,28-36,38,51,60,64-76,78,87-88,91,101-105,107-112H,6-12,23-27,37H2,1-5H3,(H,92,114)(H,93,106)(H,94,116)(H,95,117)(H,96,113)(H,97,118)(H,98,115)/t51-,60-,64+,65-,66-,67+,68+,69+,70-,71-,72-,73-,74+,75+,76+,78+,87-,88+/m1/s1. The van der Waals surface area contributed by atoms with Crippen molar-refractivity contribution in [3.8, 4) is 80.1 Å². The number of unbranched alkanes of at least 4 members (excludes halogenated alkanes) is 4. The number of halogens is 2. The van der Waals surface area contributed by atoms with Crippen LogP contribution in [-0.2, 0) is 63.8 Å². The predicted molar refractivity (Wildman–Crippen MR) is 450 cm³/mol. The van der Waals surface area contributed by atoms with Crippen molar-refractivity contribution in [1.82, 2.24) is 52.3 Å². The molecule has 9 heterocycles. The van der Waals surface area contributed by atoms with Crippen molar-refractivity contribution in [2.75, 3.05) is 54.0 Å². The minimum atomic E-state index is -2.43. The van der Waals surface area contributed by atoms with Crippen molar-refractivity contribution in [3.05, 3.63) is 164 Å². The maximum atomic E-state index is 16.9. The fraction of sp³-hybridized carbons (Fsp3) is 0.420. The van der Waals surface area contributed by atoms with Crippen LogP contribution in [-0.4, -0.2) is 247 Å². The summed E-state index contributed by atoms with van der Waals surface area (Å²) in [6.07, 6.45) is -16.5. The molecule has 7 aromatic carbocycles. The third-order valence-corrected chi connectivity index (χ3v) is 24.1. The van der Waals surface area contributed by atoms with Gasteiger partial charge in [-0.25, -0.2) is 4.79 Å². The lowest BCUT2D eigenvalue weighted by molar-refractivity contribution is -0.277. The van der Waals surface area contributed by atoms with Gasteiger partial charge in [-0.05, 0) is 133 Å². The molecular weight excluding hydrogens is 1720 g/mol. The van der Waals surface area contributed by atoms with E-state index in [1.165, 1.54) is 60.5 Å². The number of esters is 1. The molecule has 0 radical (unpaired) electrons. The van der Waals surface area contributed by atoms with E-state index in [-0.39, 0.29) is 61.0 Å². The van der Waals surface area contributed by atoms with Gasteiger partial charge in [0.25, 0.3) is 0 Å². The first-order valence-corrected chi connectivity index (χ1v) is 42.3. The highest BCUT2D eigenvalue weighted by molar-refractivity contribution is 6.33. The average Bonchev–Trinajstić information content (AvgIpc) is 0.763. The van der Waals surface area contributed by atoms with Crippen LogP contribution in [0, 0.1) is 5.92 Å². The van der Waals surface area contributed by atoms with E-state index in [2.05, 4.69) is 56.4 Å². The Labute approximate surface area is 741 Å². The van der Waals surface area contributed by atoms with Gasteiger partial charge < -0.3 is 146 Å². The Hall–Kier alpha value is -11.9. The molecule has 17 bridgehead atoms. The molecule has 0 saturated carbocycles. The van der Waals surface area contributed by atoms with E-state index >= 15 is 28.8 Å². The predicted octanol–water partition coefficient (Wildman–Crippen LogP) is 3.57. The number of phenols is 4. The number of piperazine rings is 1. The van der Waals surface area contributed by atoms with E-state index in [0.29, 0.717) is 24.3 Å². The van der Waals surface area contributed by atoms with E-state index in [4.69, 9.17) is 61.1 Å². The molecule has 128 heavy (non-hydrogen) atoms. The van der Waals surface area contributed by atoms with Gasteiger partial charge in [0.05, 0.1) is 23.8 Å². The van der Waals surface area contributed by atoms with Gasteiger partial charge >= 0.3 is 5.97 Å². The second-order valence-corrected chi connectivity index (χ2v) is 33.5. The summed E-state index contributed by atoms with van der Waals surface area (Å²) in [7, 11) is 4.20. The van der Waals surface area contributed by atoms with E-state index in [1.54, 1.807) is 7.05 Å². The monoisotopic (exact) mass is 1810 g/mol. The number of nitrogens with one attached hydrogen (secondary N) is 8. The summed E-state index contributed by atoms with van der Waals surface area (Å²) in [6, 6.07) is 6.30. The molecule has 38 nitrogen and oxygen atoms in total. The quantitative estimate of drug-likeness (QED) is 0.0457. The maximum absolute atomic E-state index is 16.9. The van der Waals surface area contributed by atoms with Gasteiger partial charge in [0.2, 0.25) is 65.6 Å². The van der Waals surface area contributed by atoms with E-state index in [1.807, 2.05) is 4.90 Å². The number of phenolic OH excluding ortho intramolecular Hbond substituents is 4. The van der Waals surface area contributed by atoms with Crippen LogP contribution in [0.3, 0.4) is 0 Å². The zero-order valence-electron chi connectivity index (χ0n) is 69.6. The lowest BCUT2D eigenvalue weighted by Gasteiger charge is -2.41. The van der Waals surface area contributed by atoms with Gasteiger partial charge in [0.15, 0.2) is 29.1 Å². The van der Waals surface area contributed by atoms with E-state index in [0.717, 1.165) is 99.5 Å². The van der Waals surface area contributed by atoms with Crippen molar-refractivity contribution >= 4 is 76.4 Å². The fourth-order valence-corrected chi connectivity index (χ4v) is 16.8. The zero-order chi connectivity index (χ0) is 91.5. The first-order valence-electron chi connectivity index (χ1n) is 41.5. The Balaban J connectivity index is 1.00. The zero-order valence-corrected chi connectivity index (χ0v) is 71.2. The Morgan fingerprint density at radius 2 is 1.21 bits per heavy atom. The number of aliphatic hydroxyl groups is 7. The summed E-state index contributed by atoms with van der Waals surface area (Å²) in [4.78, 5) is 143. The molecule has 7 aromatic rings. The Morgan fingerprint density at radius 3 is 1.91 bits per heavy atom. The van der Waals surface area contributed by atoms with Crippen LogP contribution in [0.2, 0.25) is 10.0 Å². The maximum Gasteiger partial charge on any atom is 0.337 e. The minimum absolute atomic E-state index is 0.0197. The van der Waals surface area contributed by atoms with Crippen LogP contribution < -0.4 is 66.2 Å². The molecule has 19 N–H and O–H groups in total.